The van der Waals surface area contributed by atoms with Crippen molar-refractivity contribution in [2.75, 3.05) is 0 Å². The van der Waals surface area contributed by atoms with Gasteiger partial charge < -0.3 is 5.73 Å². The van der Waals surface area contributed by atoms with Crippen LogP contribution in [0.2, 0.25) is 0 Å². The third-order valence-corrected chi connectivity index (χ3v) is 2.90. The predicted molar refractivity (Wildman–Crippen MR) is 71.7 cm³/mol. The van der Waals surface area contributed by atoms with Gasteiger partial charge in [0.15, 0.2) is 5.11 Å². The van der Waals surface area contributed by atoms with Crippen LogP contribution in [0.15, 0.2) is 18.2 Å². The van der Waals surface area contributed by atoms with Crippen LogP contribution in [-0.4, -0.2) is 10.1 Å². The van der Waals surface area contributed by atoms with E-state index < -0.39 is 0 Å². The summed E-state index contributed by atoms with van der Waals surface area (Å²) < 4.78 is 0. The molecule has 16 heavy (non-hydrogen) atoms. The second-order valence-electron chi connectivity index (χ2n) is 3.78. The molecule has 3 nitrogen and oxygen atoms in total. The number of aryl methyl sites for hydroxylation is 2. The minimum Gasteiger partial charge on any atom is -0.375 e. The van der Waals surface area contributed by atoms with Crippen LogP contribution < -0.4 is 11.6 Å². The summed E-state index contributed by atoms with van der Waals surface area (Å²) in [6.45, 7) is 4.89. The van der Waals surface area contributed by atoms with Crippen molar-refractivity contribution < 1.29 is 0 Å². The van der Waals surface area contributed by atoms with Crippen LogP contribution in [0.25, 0.3) is 0 Å². The molecule has 1 aromatic carbocycles. The highest BCUT2D eigenvalue weighted by atomic mass is 32.1. The number of nitrogens with two attached hydrogens (primary N) is 2. The number of thiocarbonyl (C=S) groups is 1. The van der Waals surface area contributed by atoms with E-state index in [2.05, 4.69) is 32.0 Å². The van der Waals surface area contributed by atoms with Gasteiger partial charge in [-0.1, -0.05) is 32.0 Å². The molecule has 0 amide bonds. The minimum atomic E-state index is 0.220. The van der Waals surface area contributed by atoms with E-state index in [4.69, 9.17) is 23.8 Å². The highest BCUT2D eigenvalue weighted by Crippen LogP contribution is 2.14. The summed E-state index contributed by atoms with van der Waals surface area (Å²) >= 11 is 4.81. The SMILES string of the molecule is CCc1ccc(CN(N)C(N)=S)cc1CC. The zero-order valence-electron chi connectivity index (χ0n) is 9.86. The first kappa shape index (κ1) is 12.9. The number of rotatable bonds is 4. The average molecular weight is 237 g/mol. The monoisotopic (exact) mass is 237 g/mol. The van der Waals surface area contributed by atoms with Gasteiger partial charge in [-0.25, -0.2) is 5.84 Å². The standard InChI is InChI=1S/C12H19N3S/c1-3-10-6-5-9(7-11(10)4-2)8-15(14)12(13)16/h5-7H,3-4,8,14H2,1-2H3,(H2,13,16). The Bertz CT molecular complexity index is 377. The molecule has 1 rings (SSSR count). The Balaban J connectivity index is 2.86. The van der Waals surface area contributed by atoms with Gasteiger partial charge in [-0.2, -0.15) is 0 Å². The molecule has 0 saturated heterocycles. The molecule has 0 saturated carbocycles. The molecule has 88 valence electrons. The fourth-order valence-electron chi connectivity index (χ4n) is 1.73. The first-order valence-corrected chi connectivity index (χ1v) is 5.91. The quantitative estimate of drug-likeness (QED) is 0.476. The predicted octanol–water partition coefficient (Wildman–Crippen LogP) is 1.73. The van der Waals surface area contributed by atoms with Crippen molar-refractivity contribution in [2.45, 2.75) is 33.2 Å². The van der Waals surface area contributed by atoms with Gasteiger partial charge in [-0.05, 0) is 41.7 Å². The molecule has 0 radical (unpaired) electrons. The van der Waals surface area contributed by atoms with Gasteiger partial charge in [0, 0.05) is 0 Å². The Morgan fingerprint density at radius 1 is 1.25 bits per heavy atom. The number of hydrazine groups is 1. The minimum absolute atomic E-state index is 0.220. The lowest BCUT2D eigenvalue weighted by Crippen LogP contribution is -2.40. The Labute approximate surface area is 102 Å². The summed E-state index contributed by atoms with van der Waals surface area (Å²) in [5.74, 6) is 5.68. The molecule has 0 bridgehead atoms. The molecule has 4 N–H and O–H groups in total. The molecule has 0 heterocycles. The smallest absolute Gasteiger partial charge is 0.180 e. The van der Waals surface area contributed by atoms with Gasteiger partial charge in [0.05, 0.1) is 6.54 Å². The first-order chi connectivity index (χ1) is 7.58. The summed E-state index contributed by atoms with van der Waals surface area (Å²) in [6.07, 6.45) is 2.10. The van der Waals surface area contributed by atoms with E-state index in [9.17, 15) is 0 Å². The summed E-state index contributed by atoms with van der Waals surface area (Å²) in [4.78, 5) is 0. The van der Waals surface area contributed by atoms with Crippen molar-refractivity contribution in [3.05, 3.63) is 34.9 Å². The Morgan fingerprint density at radius 2 is 1.88 bits per heavy atom. The first-order valence-electron chi connectivity index (χ1n) is 5.50. The maximum atomic E-state index is 5.68. The lowest BCUT2D eigenvalue weighted by atomic mass is 10.00. The molecular formula is C12H19N3S. The number of hydrogen-bond donors (Lipinski definition) is 2. The third kappa shape index (κ3) is 3.18. The van der Waals surface area contributed by atoms with E-state index in [1.807, 2.05) is 0 Å². The van der Waals surface area contributed by atoms with Crippen LogP contribution in [0, 0.1) is 0 Å². The molecule has 4 heteroatoms. The van der Waals surface area contributed by atoms with Gasteiger partial charge in [0.2, 0.25) is 0 Å². The Hall–Kier alpha value is -1.13. The maximum absolute atomic E-state index is 5.68. The van der Waals surface area contributed by atoms with E-state index >= 15 is 0 Å². The van der Waals surface area contributed by atoms with Crippen LogP contribution in [0.3, 0.4) is 0 Å². The van der Waals surface area contributed by atoms with Gasteiger partial charge in [0.25, 0.3) is 0 Å². The second-order valence-corrected chi connectivity index (χ2v) is 4.19. The molecular weight excluding hydrogens is 218 g/mol. The van der Waals surface area contributed by atoms with Gasteiger partial charge in [-0.3, -0.25) is 5.01 Å². The lowest BCUT2D eigenvalue weighted by Gasteiger charge is -2.17. The van der Waals surface area contributed by atoms with E-state index in [0.29, 0.717) is 6.54 Å². The third-order valence-electron chi connectivity index (χ3n) is 2.67. The number of hydrogen-bond acceptors (Lipinski definition) is 2. The highest BCUT2D eigenvalue weighted by Gasteiger charge is 2.05. The summed E-state index contributed by atoms with van der Waals surface area (Å²) in [7, 11) is 0. The fraction of sp³-hybridized carbons (Fsp3) is 0.417. The molecule has 0 spiro atoms. The topological polar surface area (TPSA) is 55.3 Å². The van der Waals surface area contributed by atoms with E-state index in [1.54, 1.807) is 0 Å². The number of nitrogens with zero attached hydrogens (tertiary/aromatic N) is 1. The van der Waals surface area contributed by atoms with Crippen molar-refractivity contribution >= 4 is 17.3 Å². The van der Waals surface area contributed by atoms with Gasteiger partial charge in [-0.15, -0.1) is 0 Å². The van der Waals surface area contributed by atoms with Crippen LogP contribution >= 0.6 is 12.2 Å². The normalized spacial score (nSPS) is 10.2. The number of benzene rings is 1. The molecule has 0 fully saturated rings. The molecule has 0 aliphatic heterocycles. The fourth-order valence-corrected chi connectivity index (χ4v) is 1.79. The van der Waals surface area contributed by atoms with Crippen LogP contribution in [0.5, 0.6) is 0 Å². The largest absolute Gasteiger partial charge is 0.375 e. The van der Waals surface area contributed by atoms with Crippen molar-refractivity contribution in [3.63, 3.8) is 0 Å². The Kier molecular flexibility index (Phi) is 4.71. The molecule has 0 atom stereocenters. The van der Waals surface area contributed by atoms with Crippen molar-refractivity contribution in [1.29, 1.82) is 0 Å². The van der Waals surface area contributed by atoms with Crippen molar-refractivity contribution in [1.82, 2.24) is 5.01 Å². The van der Waals surface area contributed by atoms with Crippen molar-refractivity contribution in [2.24, 2.45) is 11.6 Å². The zero-order chi connectivity index (χ0) is 12.1. The van der Waals surface area contributed by atoms with E-state index in [0.717, 1.165) is 18.4 Å². The van der Waals surface area contributed by atoms with Crippen LogP contribution in [0.4, 0.5) is 0 Å². The molecule has 0 aliphatic carbocycles. The van der Waals surface area contributed by atoms with Crippen molar-refractivity contribution in [3.8, 4) is 0 Å². The highest BCUT2D eigenvalue weighted by molar-refractivity contribution is 7.80. The lowest BCUT2D eigenvalue weighted by molar-refractivity contribution is 0.437. The zero-order valence-corrected chi connectivity index (χ0v) is 10.7. The molecule has 0 unspecified atom stereocenters. The van der Waals surface area contributed by atoms with E-state index in [1.165, 1.54) is 16.1 Å². The molecule has 1 aromatic rings. The molecule has 0 aliphatic rings. The summed E-state index contributed by atoms with van der Waals surface area (Å²) in [5, 5.41) is 1.60. The summed E-state index contributed by atoms with van der Waals surface area (Å²) in [5.41, 5.74) is 9.35. The van der Waals surface area contributed by atoms with Gasteiger partial charge >= 0.3 is 0 Å². The average Bonchev–Trinajstić information content (AvgIpc) is 2.28. The second kappa shape index (κ2) is 5.82. The Morgan fingerprint density at radius 3 is 2.38 bits per heavy atom. The van der Waals surface area contributed by atoms with Gasteiger partial charge in [0.1, 0.15) is 0 Å². The maximum Gasteiger partial charge on any atom is 0.180 e. The van der Waals surface area contributed by atoms with E-state index in [-0.39, 0.29) is 5.11 Å². The van der Waals surface area contributed by atoms with Crippen LogP contribution in [-0.2, 0) is 19.4 Å². The van der Waals surface area contributed by atoms with Crippen LogP contribution in [0.1, 0.15) is 30.5 Å². The summed E-state index contributed by atoms with van der Waals surface area (Å²) in [6, 6.07) is 6.41. The molecule has 0 aromatic heterocycles.